The highest BCUT2D eigenvalue weighted by Crippen LogP contribution is 2.29. The molecule has 0 bridgehead atoms. The molecule has 1 aliphatic rings. The highest BCUT2D eigenvalue weighted by Gasteiger charge is 2.21. The van der Waals surface area contributed by atoms with Crippen LogP contribution in [-0.4, -0.2) is 42.0 Å². The van der Waals surface area contributed by atoms with E-state index in [-0.39, 0.29) is 5.91 Å². The fourth-order valence-corrected chi connectivity index (χ4v) is 4.09. The van der Waals surface area contributed by atoms with Crippen LogP contribution in [0.2, 0.25) is 0 Å². The van der Waals surface area contributed by atoms with Gasteiger partial charge in [0.2, 0.25) is 5.91 Å². The quantitative estimate of drug-likeness (QED) is 0.866. The van der Waals surface area contributed by atoms with Crippen molar-refractivity contribution in [2.75, 3.05) is 31.1 Å². The van der Waals surface area contributed by atoms with Gasteiger partial charge in [-0.15, -0.1) is 0 Å². The lowest BCUT2D eigenvalue weighted by Gasteiger charge is -2.28. The average molecular weight is 317 g/mol. The van der Waals surface area contributed by atoms with Gasteiger partial charge in [0.1, 0.15) is 0 Å². The van der Waals surface area contributed by atoms with E-state index in [0.29, 0.717) is 13.1 Å². The molecular weight excluding hydrogens is 294 g/mol. The molecule has 0 radical (unpaired) electrons. The Morgan fingerprint density at radius 1 is 1.32 bits per heavy atom. The zero-order chi connectivity index (χ0) is 15.5. The summed E-state index contributed by atoms with van der Waals surface area (Å²) in [7, 11) is 0. The molecule has 4 nitrogen and oxygen atoms in total. The number of thiazole rings is 1. The molecule has 0 N–H and O–H groups in total. The van der Waals surface area contributed by atoms with E-state index in [4.69, 9.17) is 0 Å². The first-order valence-electron chi connectivity index (χ1n) is 8.07. The maximum atomic E-state index is 12.6. The Labute approximate surface area is 135 Å². The zero-order valence-corrected chi connectivity index (χ0v) is 14.2. The molecule has 1 aromatic carbocycles. The lowest BCUT2D eigenvalue weighted by molar-refractivity contribution is -0.119. The Bertz CT molecular complexity index is 661. The number of likely N-dealkylation sites (N-methyl/N-ethyl adjacent to an activating group) is 1. The summed E-state index contributed by atoms with van der Waals surface area (Å²) in [5.41, 5.74) is 2.21. The first-order valence-corrected chi connectivity index (χ1v) is 8.89. The number of benzene rings is 1. The van der Waals surface area contributed by atoms with Gasteiger partial charge in [-0.25, -0.2) is 4.98 Å². The van der Waals surface area contributed by atoms with E-state index in [2.05, 4.69) is 28.9 Å². The lowest BCUT2D eigenvalue weighted by atomic mass is 10.1. The Balaban J connectivity index is 1.77. The van der Waals surface area contributed by atoms with Gasteiger partial charge in [-0.3, -0.25) is 14.6 Å². The smallest absolute Gasteiger partial charge is 0.242 e. The van der Waals surface area contributed by atoms with Crippen molar-refractivity contribution in [1.82, 2.24) is 9.88 Å². The third-order valence-corrected chi connectivity index (χ3v) is 5.23. The molecule has 1 fully saturated rings. The second-order valence-electron chi connectivity index (χ2n) is 5.94. The number of aromatic nitrogens is 1. The van der Waals surface area contributed by atoms with Crippen LogP contribution < -0.4 is 4.90 Å². The highest BCUT2D eigenvalue weighted by atomic mass is 32.1. The Morgan fingerprint density at radius 3 is 2.82 bits per heavy atom. The number of fused-ring (bicyclic) bond motifs is 1. The van der Waals surface area contributed by atoms with Crippen molar-refractivity contribution in [3.8, 4) is 0 Å². The van der Waals surface area contributed by atoms with E-state index < -0.39 is 0 Å². The molecule has 5 heteroatoms. The number of hydrogen-bond donors (Lipinski definition) is 0. The summed E-state index contributed by atoms with van der Waals surface area (Å²) in [6.07, 6.45) is 3.71. The van der Waals surface area contributed by atoms with Crippen LogP contribution >= 0.6 is 11.3 Å². The van der Waals surface area contributed by atoms with Crippen LogP contribution in [0.25, 0.3) is 10.2 Å². The number of amides is 1. The van der Waals surface area contributed by atoms with Crippen LogP contribution in [0.5, 0.6) is 0 Å². The molecule has 3 rings (SSSR count). The number of aryl methyl sites for hydroxylation is 1. The van der Waals surface area contributed by atoms with Crippen LogP contribution in [0.1, 0.15) is 31.7 Å². The van der Waals surface area contributed by atoms with Gasteiger partial charge in [0.05, 0.1) is 16.8 Å². The first kappa shape index (κ1) is 15.4. The fourth-order valence-electron chi connectivity index (χ4n) is 2.95. The molecule has 0 saturated carbocycles. The maximum absolute atomic E-state index is 12.6. The molecule has 22 heavy (non-hydrogen) atoms. The van der Waals surface area contributed by atoms with Gasteiger partial charge in [-0.1, -0.05) is 23.8 Å². The van der Waals surface area contributed by atoms with Crippen molar-refractivity contribution < 1.29 is 4.79 Å². The predicted molar refractivity (Wildman–Crippen MR) is 92.7 cm³/mol. The predicted octanol–water partition coefficient (Wildman–Crippen LogP) is 3.44. The van der Waals surface area contributed by atoms with Crippen LogP contribution in [0.15, 0.2) is 18.2 Å². The molecule has 1 aromatic heterocycles. The minimum absolute atomic E-state index is 0.167. The van der Waals surface area contributed by atoms with Crippen molar-refractivity contribution in [2.24, 2.45) is 0 Å². The summed E-state index contributed by atoms with van der Waals surface area (Å²) in [6.45, 7) is 7.38. The SMILES string of the molecule is CCN(C(=O)CN1CCCCC1)c1nc2ccc(C)cc2s1. The standard InChI is InChI=1S/C17H23N3OS/c1-3-20(16(21)12-19-9-5-4-6-10-19)17-18-14-8-7-13(2)11-15(14)22-17/h7-8,11H,3-6,9-10,12H2,1-2H3. The van der Waals surface area contributed by atoms with Crippen molar-refractivity contribution >= 4 is 32.6 Å². The largest absolute Gasteiger partial charge is 0.294 e. The van der Waals surface area contributed by atoms with E-state index in [1.54, 1.807) is 11.3 Å². The van der Waals surface area contributed by atoms with Gasteiger partial charge in [0, 0.05) is 6.54 Å². The third-order valence-electron chi connectivity index (χ3n) is 4.19. The van der Waals surface area contributed by atoms with Crippen molar-refractivity contribution in [1.29, 1.82) is 0 Å². The summed E-state index contributed by atoms with van der Waals surface area (Å²) in [5.74, 6) is 0.167. The minimum Gasteiger partial charge on any atom is -0.294 e. The molecule has 0 aliphatic carbocycles. The lowest BCUT2D eigenvalue weighted by Crippen LogP contribution is -2.42. The monoisotopic (exact) mass is 317 g/mol. The van der Waals surface area contributed by atoms with Crippen LogP contribution in [-0.2, 0) is 4.79 Å². The van der Waals surface area contributed by atoms with Gasteiger partial charge in [-0.2, -0.15) is 0 Å². The fraction of sp³-hybridized carbons (Fsp3) is 0.529. The highest BCUT2D eigenvalue weighted by molar-refractivity contribution is 7.22. The molecule has 2 heterocycles. The number of carbonyl (C=O) groups is 1. The first-order chi connectivity index (χ1) is 10.7. The van der Waals surface area contributed by atoms with Gasteiger partial charge < -0.3 is 0 Å². The number of nitrogens with zero attached hydrogens (tertiary/aromatic N) is 3. The zero-order valence-electron chi connectivity index (χ0n) is 13.3. The topological polar surface area (TPSA) is 36.4 Å². The van der Waals surface area contributed by atoms with Crippen LogP contribution in [0.3, 0.4) is 0 Å². The number of carbonyl (C=O) groups excluding carboxylic acids is 1. The van der Waals surface area contributed by atoms with Crippen LogP contribution in [0, 0.1) is 6.92 Å². The Hall–Kier alpha value is -1.46. The van der Waals surface area contributed by atoms with Gasteiger partial charge in [-0.05, 0) is 57.5 Å². The summed E-state index contributed by atoms with van der Waals surface area (Å²) in [6, 6.07) is 6.24. The van der Waals surface area contributed by atoms with Gasteiger partial charge in [0.15, 0.2) is 5.13 Å². The summed E-state index contributed by atoms with van der Waals surface area (Å²) < 4.78 is 1.15. The summed E-state index contributed by atoms with van der Waals surface area (Å²) in [5, 5.41) is 0.824. The number of anilines is 1. The minimum atomic E-state index is 0.167. The average Bonchev–Trinajstić information content (AvgIpc) is 2.91. The van der Waals surface area contributed by atoms with E-state index in [0.717, 1.165) is 28.4 Å². The van der Waals surface area contributed by atoms with Gasteiger partial charge in [0.25, 0.3) is 0 Å². The molecule has 1 aliphatic heterocycles. The molecule has 0 unspecified atom stereocenters. The molecule has 2 aromatic rings. The molecule has 0 atom stereocenters. The Kier molecular flexibility index (Phi) is 4.74. The number of hydrogen-bond acceptors (Lipinski definition) is 4. The summed E-state index contributed by atoms with van der Waals surface area (Å²) >= 11 is 1.61. The maximum Gasteiger partial charge on any atom is 0.242 e. The van der Waals surface area contributed by atoms with Crippen molar-refractivity contribution in [3.05, 3.63) is 23.8 Å². The van der Waals surface area contributed by atoms with Gasteiger partial charge >= 0.3 is 0 Å². The van der Waals surface area contributed by atoms with Crippen molar-refractivity contribution in [3.63, 3.8) is 0 Å². The third kappa shape index (κ3) is 3.31. The second kappa shape index (κ2) is 6.75. The number of piperidine rings is 1. The summed E-state index contributed by atoms with van der Waals surface area (Å²) in [4.78, 5) is 21.4. The second-order valence-corrected chi connectivity index (χ2v) is 6.95. The number of rotatable bonds is 4. The molecule has 0 spiro atoms. The normalized spacial score (nSPS) is 16.1. The molecular formula is C17H23N3OS. The van der Waals surface area contributed by atoms with E-state index >= 15 is 0 Å². The van der Waals surface area contributed by atoms with Crippen molar-refractivity contribution in [2.45, 2.75) is 33.1 Å². The molecule has 1 saturated heterocycles. The molecule has 118 valence electrons. The molecule has 1 amide bonds. The number of likely N-dealkylation sites (tertiary alicyclic amines) is 1. The van der Waals surface area contributed by atoms with E-state index in [9.17, 15) is 4.79 Å². The van der Waals surface area contributed by atoms with Crippen LogP contribution in [0.4, 0.5) is 5.13 Å². The van der Waals surface area contributed by atoms with E-state index in [1.165, 1.54) is 24.8 Å². The Morgan fingerprint density at radius 2 is 2.09 bits per heavy atom. The van der Waals surface area contributed by atoms with E-state index in [1.807, 2.05) is 17.9 Å².